The van der Waals surface area contributed by atoms with Gasteiger partial charge in [-0.25, -0.2) is 0 Å². The molecule has 1 atom stereocenters. The van der Waals surface area contributed by atoms with Crippen LogP contribution in [-0.4, -0.2) is 23.9 Å². The van der Waals surface area contributed by atoms with Crippen molar-refractivity contribution in [2.75, 3.05) is 18.4 Å². The van der Waals surface area contributed by atoms with E-state index in [1.165, 1.54) is 16.7 Å². The highest BCUT2D eigenvalue weighted by Crippen LogP contribution is 2.23. The lowest BCUT2D eigenvalue weighted by Gasteiger charge is -2.32. The van der Waals surface area contributed by atoms with Crippen LogP contribution < -0.4 is 5.32 Å². The molecule has 1 unspecified atom stereocenters. The number of benzene rings is 2. The van der Waals surface area contributed by atoms with E-state index in [4.69, 9.17) is 0 Å². The number of likely N-dealkylation sites (tertiary alicyclic amines) is 1. The van der Waals surface area contributed by atoms with E-state index in [0.717, 1.165) is 43.7 Å². The number of carbonyl (C=O) groups excluding carboxylic acids is 1. The van der Waals surface area contributed by atoms with E-state index >= 15 is 0 Å². The van der Waals surface area contributed by atoms with Crippen molar-refractivity contribution in [3.05, 3.63) is 64.7 Å². The molecule has 1 amide bonds. The van der Waals surface area contributed by atoms with E-state index in [1.807, 2.05) is 12.1 Å². The summed E-state index contributed by atoms with van der Waals surface area (Å²) in [6, 6.07) is 14.8. The first-order valence-corrected chi connectivity index (χ1v) is 9.18. The summed E-state index contributed by atoms with van der Waals surface area (Å²) in [5.74, 6) is 0.224. The lowest BCUT2D eigenvalue weighted by molar-refractivity contribution is -0.121. The number of amides is 1. The second-order valence-electron chi connectivity index (χ2n) is 7.30. The predicted octanol–water partition coefficient (Wildman–Crippen LogP) is 4.46. The van der Waals surface area contributed by atoms with E-state index in [1.54, 1.807) is 0 Å². The van der Waals surface area contributed by atoms with Crippen LogP contribution >= 0.6 is 0 Å². The third kappa shape index (κ3) is 4.49. The van der Waals surface area contributed by atoms with Crippen molar-refractivity contribution in [1.29, 1.82) is 0 Å². The molecule has 1 heterocycles. The van der Waals surface area contributed by atoms with Gasteiger partial charge in [-0.05, 0) is 62.9 Å². The zero-order chi connectivity index (χ0) is 17.8. The van der Waals surface area contributed by atoms with E-state index in [9.17, 15) is 4.79 Å². The smallest absolute Gasteiger partial charge is 0.228 e. The molecule has 25 heavy (non-hydrogen) atoms. The summed E-state index contributed by atoms with van der Waals surface area (Å²) < 4.78 is 0. The Hall–Kier alpha value is -2.13. The number of carbonyl (C=O) groups is 1. The van der Waals surface area contributed by atoms with Crippen LogP contribution in [0.4, 0.5) is 5.69 Å². The van der Waals surface area contributed by atoms with E-state index in [0.29, 0.717) is 0 Å². The molecule has 1 saturated heterocycles. The van der Waals surface area contributed by atoms with Gasteiger partial charge in [-0.3, -0.25) is 9.69 Å². The topological polar surface area (TPSA) is 32.3 Å². The lowest BCUT2D eigenvalue weighted by Crippen LogP contribution is -2.40. The standard InChI is InChI=1S/C22H28N2O/c1-16-9-11-19(12-10-16)14-24-13-5-7-20(15-24)22(25)23-21-8-4-6-17(2)18(21)3/h4,6,8-12,20H,5,7,13-15H2,1-3H3,(H,23,25). The molecule has 0 bridgehead atoms. The normalized spacial score (nSPS) is 18.1. The Labute approximate surface area is 151 Å². The minimum atomic E-state index is 0.0686. The average Bonchev–Trinajstić information content (AvgIpc) is 2.61. The number of hydrogen-bond acceptors (Lipinski definition) is 2. The number of hydrogen-bond donors (Lipinski definition) is 1. The predicted molar refractivity (Wildman–Crippen MR) is 104 cm³/mol. The van der Waals surface area contributed by atoms with Crippen LogP contribution in [-0.2, 0) is 11.3 Å². The summed E-state index contributed by atoms with van der Waals surface area (Å²) in [7, 11) is 0. The molecule has 0 spiro atoms. The summed E-state index contributed by atoms with van der Waals surface area (Å²) in [5.41, 5.74) is 5.92. The molecule has 1 fully saturated rings. The van der Waals surface area contributed by atoms with Crippen LogP contribution in [0.3, 0.4) is 0 Å². The molecule has 3 heteroatoms. The van der Waals surface area contributed by atoms with Crippen LogP contribution in [0.5, 0.6) is 0 Å². The molecule has 1 N–H and O–H groups in total. The summed E-state index contributed by atoms with van der Waals surface area (Å²) >= 11 is 0. The molecule has 1 aliphatic rings. The minimum absolute atomic E-state index is 0.0686. The number of anilines is 1. The molecular formula is C22H28N2O. The summed E-state index contributed by atoms with van der Waals surface area (Å²) in [6.45, 7) is 9.09. The fourth-order valence-corrected chi connectivity index (χ4v) is 3.49. The first-order valence-electron chi connectivity index (χ1n) is 9.18. The number of aryl methyl sites for hydroxylation is 2. The minimum Gasteiger partial charge on any atom is -0.326 e. The maximum atomic E-state index is 12.7. The van der Waals surface area contributed by atoms with Gasteiger partial charge < -0.3 is 5.32 Å². The fraction of sp³-hybridized carbons (Fsp3) is 0.409. The summed E-state index contributed by atoms with van der Waals surface area (Å²) in [4.78, 5) is 15.1. The van der Waals surface area contributed by atoms with Crippen molar-refractivity contribution in [2.24, 2.45) is 5.92 Å². The van der Waals surface area contributed by atoms with Gasteiger partial charge in [0.25, 0.3) is 0 Å². The highest BCUT2D eigenvalue weighted by atomic mass is 16.1. The maximum Gasteiger partial charge on any atom is 0.228 e. The summed E-state index contributed by atoms with van der Waals surface area (Å²) in [5, 5.41) is 3.15. The SMILES string of the molecule is Cc1ccc(CN2CCCC(C(=O)Nc3cccc(C)c3C)C2)cc1. The fourth-order valence-electron chi connectivity index (χ4n) is 3.49. The van der Waals surface area contributed by atoms with Crippen LogP contribution in [0.1, 0.15) is 35.1 Å². The second kappa shape index (κ2) is 7.83. The Bertz CT molecular complexity index is 736. The molecule has 1 aliphatic heterocycles. The van der Waals surface area contributed by atoms with Crippen LogP contribution in [0, 0.1) is 26.7 Å². The Balaban J connectivity index is 1.61. The second-order valence-corrected chi connectivity index (χ2v) is 7.30. The van der Waals surface area contributed by atoms with Gasteiger partial charge in [0.15, 0.2) is 0 Å². The third-order valence-electron chi connectivity index (χ3n) is 5.27. The van der Waals surface area contributed by atoms with Crippen LogP contribution in [0.2, 0.25) is 0 Å². The molecule has 0 aliphatic carbocycles. The first-order chi connectivity index (χ1) is 12.0. The third-order valence-corrected chi connectivity index (χ3v) is 5.27. The van der Waals surface area contributed by atoms with Crippen molar-refractivity contribution < 1.29 is 4.79 Å². The summed E-state index contributed by atoms with van der Waals surface area (Å²) in [6.07, 6.45) is 2.05. The van der Waals surface area contributed by atoms with Crippen molar-refractivity contribution in [3.63, 3.8) is 0 Å². The maximum absolute atomic E-state index is 12.7. The quantitative estimate of drug-likeness (QED) is 0.894. The number of nitrogens with one attached hydrogen (secondary N) is 1. The van der Waals surface area contributed by atoms with Gasteiger partial charge in [0, 0.05) is 18.8 Å². The monoisotopic (exact) mass is 336 g/mol. The van der Waals surface area contributed by atoms with Gasteiger partial charge in [-0.1, -0.05) is 42.0 Å². The van der Waals surface area contributed by atoms with Crippen molar-refractivity contribution in [1.82, 2.24) is 4.90 Å². The molecule has 2 aromatic carbocycles. The van der Waals surface area contributed by atoms with Crippen LogP contribution in [0.15, 0.2) is 42.5 Å². The van der Waals surface area contributed by atoms with E-state index in [2.05, 4.69) is 61.3 Å². The molecule has 0 aromatic heterocycles. The number of piperidine rings is 1. The van der Waals surface area contributed by atoms with Crippen LogP contribution in [0.25, 0.3) is 0 Å². The Morgan fingerprint density at radius 3 is 2.64 bits per heavy atom. The zero-order valence-electron chi connectivity index (χ0n) is 15.5. The van der Waals surface area contributed by atoms with Gasteiger partial charge in [-0.15, -0.1) is 0 Å². The molecule has 3 rings (SSSR count). The van der Waals surface area contributed by atoms with Gasteiger partial charge in [0.2, 0.25) is 5.91 Å². The Morgan fingerprint density at radius 1 is 1.12 bits per heavy atom. The zero-order valence-corrected chi connectivity index (χ0v) is 15.5. The largest absolute Gasteiger partial charge is 0.326 e. The molecule has 0 saturated carbocycles. The number of nitrogens with zero attached hydrogens (tertiary/aromatic N) is 1. The first kappa shape index (κ1) is 17.7. The van der Waals surface area contributed by atoms with E-state index < -0.39 is 0 Å². The lowest BCUT2D eigenvalue weighted by atomic mass is 9.96. The van der Waals surface area contributed by atoms with Crippen molar-refractivity contribution in [3.8, 4) is 0 Å². The Kier molecular flexibility index (Phi) is 5.54. The van der Waals surface area contributed by atoms with Crippen molar-refractivity contribution >= 4 is 11.6 Å². The van der Waals surface area contributed by atoms with Crippen molar-refractivity contribution in [2.45, 2.75) is 40.2 Å². The molecule has 0 radical (unpaired) electrons. The highest BCUT2D eigenvalue weighted by Gasteiger charge is 2.26. The van der Waals surface area contributed by atoms with E-state index in [-0.39, 0.29) is 11.8 Å². The average molecular weight is 336 g/mol. The molecule has 3 nitrogen and oxygen atoms in total. The molecule has 132 valence electrons. The molecule has 2 aromatic rings. The molecular weight excluding hydrogens is 308 g/mol. The van der Waals surface area contributed by atoms with Gasteiger partial charge in [-0.2, -0.15) is 0 Å². The van der Waals surface area contributed by atoms with Gasteiger partial charge in [0.05, 0.1) is 5.92 Å². The van der Waals surface area contributed by atoms with Gasteiger partial charge >= 0.3 is 0 Å². The number of rotatable bonds is 4. The van der Waals surface area contributed by atoms with Gasteiger partial charge in [0.1, 0.15) is 0 Å². The highest BCUT2D eigenvalue weighted by molar-refractivity contribution is 5.93. The Morgan fingerprint density at radius 2 is 1.88 bits per heavy atom.